The Balaban J connectivity index is 0.00000169. The van der Waals surface area contributed by atoms with Crippen LogP contribution in [0.3, 0.4) is 0 Å². The Kier molecular flexibility index (Phi) is 5.37. The van der Waals surface area contributed by atoms with Crippen molar-refractivity contribution in [1.29, 1.82) is 0 Å². The van der Waals surface area contributed by atoms with Crippen LogP contribution in [0.5, 0.6) is 0 Å². The summed E-state index contributed by atoms with van der Waals surface area (Å²) in [5.41, 5.74) is -1.61. The first kappa shape index (κ1) is 14.2. The number of hydrogen-bond acceptors (Lipinski definition) is 2. The third-order valence-electron chi connectivity index (χ3n) is 1.28. The fourth-order valence-corrected chi connectivity index (χ4v) is 0.805. The summed E-state index contributed by atoms with van der Waals surface area (Å²) in [7, 11) is 0. The van der Waals surface area contributed by atoms with Gasteiger partial charge in [0.05, 0.1) is 0 Å². The maximum Gasteiger partial charge on any atom is 1.00 e. The van der Waals surface area contributed by atoms with Crippen molar-refractivity contribution in [1.82, 2.24) is 9.78 Å². The predicted molar refractivity (Wildman–Crippen MR) is 40.4 cm³/mol. The van der Waals surface area contributed by atoms with Crippen LogP contribution < -0.4 is 62.5 Å². The number of rotatable bonds is 2. The Labute approximate surface area is 119 Å². The monoisotopic (exact) mass is 232 g/mol. The van der Waals surface area contributed by atoms with Gasteiger partial charge in [-0.2, -0.15) is 0 Å². The molecular formula is C5H5BF3KN2O2. The van der Waals surface area contributed by atoms with Gasteiger partial charge in [0.1, 0.15) is 0 Å². The van der Waals surface area contributed by atoms with Crippen molar-refractivity contribution >= 4 is 6.98 Å². The molecule has 0 saturated heterocycles. The Morgan fingerprint density at radius 3 is 2.36 bits per heavy atom. The summed E-state index contributed by atoms with van der Waals surface area (Å²) >= 11 is 0. The topological polar surface area (TPSA) is 54.9 Å². The molecule has 1 N–H and O–H groups in total. The molecule has 9 heteroatoms. The Morgan fingerprint density at radius 2 is 1.86 bits per heavy atom. The molecule has 1 aromatic heterocycles. The molecule has 0 spiro atoms. The van der Waals surface area contributed by atoms with Gasteiger partial charge in [-0.25, -0.2) is 0 Å². The van der Waals surface area contributed by atoms with Crippen molar-refractivity contribution in [3.05, 3.63) is 32.8 Å². The van der Waals surface area contributed by atoms with E-state index >= 15 is 0 Å². The average Bonchev–Trinajstić information content (AvgIpc) is 1.94. The van der Waals surface area contributed by atoms with E-state index in [4.69, 9.17) is 0 Å². The van der Waals surface area contributed by atoms with Crippen LogP contribution in [0, 0.1) is 0 Å². The summed E-state index contributed by atoms with van der Waals surface area (Å²) in [6.45, 7) is -5.12. The van der Waals surface area contributed by atoms with E-state index in [1.54, 1.807) is 5.10 Å². The van der Waals surface area contributed by atoms with Crippen LogP contribution in [-0.4, -0.2) is 16.8 Å². The van der Waals surface area contributed by atoms with Gasteiger partial charge >= 0.3 is 58.4 Å². The minimum Gasteiger partial charge on any atom is -0.448 e. The van der Waals surface area contributed by atoms with Gasteiger partial charge in [-0.05, 0) is 0 Å². The molecule has 1 rings (SSSR count). The number of hydrogen-bond donors (Lipinski definition) is 1. The van der Waals surface area contributed by atoms with Crippen LogP contribution in [0.15, 0.2) is 21.7 Å². The quantitative estimate of drug-likeness (QED) is 0.550. The summed E-state index contributed by atoms with van der Waals surface area (Å²) in [6.07, 6.45) is -1.42. The maximum atomic E-state index is 11.8. The average molecular weight is 232 g/mol. The van der Waals surface area contributed by atoms with Gasteiger partial charge in [0.2, 0.25) is 0 Å². The molecule has 14 heavy (non-hydrogen) atoms. The number of halogens is 3. The molecule has 0 radical (unpaired) electrons. The number of nitrogens with zero attached hydrogens (tertiary/aromatic N) is 1. The van der Waals surface area contributed by atoms with Crippen LogP contribution in [0.4, 0.5) is 12.9 Å². The second-order valence-electron chi connectivity index (χ2n) is 2.47. The zero-order valence-corrected chi connectivity index (χ0v) is 10.5. The molecule has 0 aliphatic heterocycles. The van der Waals surface area contributed by atoms with E-state index in [1.165, 1.54) is 0 Å². The molecule has 0 aliphatic rings. The molecular weight excluding hydrogens is 227 g/mol. The summed E-state index contributed by atoms with van der Waals surface area (Å²) in [4.78, 5) is 21.3. The summed E-state index contributed by atoms with van der Waals surface area (Å²) in [5, 5.41) is 1.78. The molecule has 0 atom stereocenters. The molecule has 0 fully saturated rings. The van der Waals surface area contributed by atoms with Crippen molar-refractivity contribution in [2.24, 2.45) is 0 Å². The predicted octanol–water partition coefficient (Wildman–Crippen LogP) is -3.07. The number of aromatic nitrogens is 2. The second-order valence-corrected chi connectivity index (χ2v) is 2.47. The zero-order chi connectivity index (χ0) is 10.1. The molecule has 0 aromatic carbocycles. The Bertz CT molecular complexity index is 412. The maximum absolute atomic E-state index is 11.8. The fraction of sp³-hybridized carbons (Fsp3) is 0.200. The first-order valence-corrected chi connectivity index (χ1v) is 3.40. The SMILES string of the molecule is O=c1ccc(=O)n(C[B-](F)(F)F)[nH]1.[K+]. The number of H-pyrrole nitrogens is 1. The van der Waals surface area contributed by atoms with E-state index in [-0.39, 0.29) is 56.1 Å². The number of aromatic amines is 1. The van der Waals surface area contributed by atoms with Crippen molar-refractivity contribution in [2.45, 2.75) is 6.44 Å². The molecule has 0 saturated carbocycles. The van der Waals surface area contributed by atoms with Crippen molar-refractivity contribution < 1.29 is 64.3 Å². The van der Waals surface area contributed by atoms with Gasteiger partial charge in [0, 0.05) is 18.6 Å². The second kappa shape index (κ2) is 5.31. The molecule has 1 aromatic rings. The standard InChI is InChI=1S/C5H5BF3N2O2.K/c7-6(8,9)3-11-5(13)2-1-4(12)10-11;/h1-2H,3H2,(H,10,12);/q-1;+1. The van der Waals surface area contributed by atoms with Crippen LogP contribution in [-0.2, 0) is 6.44 Å². The minimum absolute atomic E-state index is 0. The van der Waals surface area contributed by atoms with Crippen LogP contribution in [0.25, 0.3) is 0 Å². The van der Waals surface area contributed by atoms with Crippen molar-refractivity contribution in [2.75, 3.05) is 0 Å². The molecule has 0 bridgehead atoms. The molecule has 0 unspecified atom stereocenters. The Morgan fingerprint density at radius 1 is 1.29 bits per heavy atom. The summed E-state index contributed by atoms with van der Waals surface area (Å²) in [6, 6.07) is 1.67. The molecule has 1 heterocycles. The first-order chi connectivity index (χ1) is 5.88. The normalized spacial score (nSPS) is 10.8. The van der Waals surface area contributed by atoms with Gasteiger partial charge in [0.15, 0.2) is 0 Å². The van der Waals surface area contributed by atoms with Gasteiger partial charge in [-0.3, -0.25) is 19.4 Å². The van der Waals surface area contributed by atoms with Gasteiger partial charge in [-0.15, -0.1) is 0 Å². The third kappa shape index (κ3) is 4.60. The van der Waals surface area contributed by atoms with Gasteiger partial charge < -0.3 is 12.9 Å². The largest absolute Gasteiger partial charge is 1.00 e. The minimum atomic E-state index is -5.12. The van der Waals surface area contributed by atoms with E-state index in [0.29, 0.717) is 0 Å². The Hall–Kier alpha value is 0.171. The van der Waals surface area contributed by atoms with E-state index in [9.17, 15) is 22.5 Å². The van der Waals surface area contributed by atoms with Crippen LogP contribution in [0.2, 0.25) is 0 Å². The van der Waals surface area contributed by atoms with Gasteiger partial charge in [0.25, 0.3) is 11.1 Å². The van der Waals surface area contributed by atoms with Crippen LogP contribution >= 0.6 is 0 Å². The summed E-state index contributed by atoms with van der Waals surface area (Å²) < 4.78 is 35.7. The fourth-order valence-electron chi connectivity index (χ4n) is 0.805. The zero-order valence-electron chi connectivity index (χ0n) is 7.34. The smallest absolute Gasteiger partial charge is 0.448 e. The molecule has 0 amide bonds. The molecule has 0 aliphatic carbocycles. The number of nitrogens with one attached hydrogen (secondary N) is 1. The van der Waals surface area contributed by atoms with E-state index in [2.05, 4.69) is 0 Å². The molecule has 72 valence electrons. The summed E-state index contributed by atoms with van der Waals surface area (Å²) in [5.74, 6) is 0. The van der Waals surface area contributed by atoms with Crippen molar-refractivity contribution in [3.63, 3.8) is 0 Å². The third-order valence-corrected chi connectivity index (χ3v) is 1.28. The van der Waals surface area contributed by atoms with E-state index in [1.807, 2.05) is 0 Å². The van der Waals surface area contributed by atoms with Gasteiger partial charge in [-0.1, -0.05) is 0 Å². The van der Waals surface area contributed by atoms with Crippen LogP contribution in [0.1, 0.15) is 0 Å². The molecule has 4 nitrogen and oxygen atoms in total. The first-order valence-electron chi connectivity index (χ1n) is 3.40. The van der Waals surface area contributed by atoms with E-state index < -0.39 is 24.5 Å². The van der Waals surface area contributed by atoms with Crippen molar-refractivity contribution in [3.8, 4) is 0 Å². The van der Waals surface area contributed by atoms with E-state index in [0.717, 1.165) is 12.1 Å².